The van der Waals surface area contributed by atoms with Crippen LogP contribution in [-0.4, -0.2) is 17.0 Å². The van der Waals surface area contributed by atoms with Crippen molar-refractivity contribution in [2.75, 3.05) is 0 Å². The molecule has 0 aliphatic carbocycles. The van der Waals surface area contributed by atoms with E-state index in [1.165, 1.54) is 36.1 Å². The molecule has 1 rings (SSSR count). The first-order chi connectivity index (χ1) is 10.9. The van der Waals surface area contributed by atoms with Crippen LogP contribution in [0, 0.1) is 10.1 Å². The molecule has 0 aliphatic heterocycles. The highest BCUT2D eigenvalue weighted by molar-refractivity contribution is 5.94. The molecule has 122 valence electrons. The maximum absolute atomic E-state index is 11.8. The van der Waals surface area contributed by atoms with Crippen LogP contribution in [0.25, 0.3) is 0 Å². The van der Waals surface area contributed by atoms with Crippen molar-refractivity contribution in [2.45, 2.75) is 33.6 Å². The minimum Gasteiger partial charge on any atom is -0.267 e. The first kappa shape index (κ1) is 18.3. The van der Waals surface area contributed by atoms with Crippen LogP contribution in [0.5, 0.6) is 0 Å². The Bertz CT molecular complexity index is 640. The SMILES string of the molecule is CC(C)=CCC/C(C)=C/C=N\NC(=O)c1ccc([N+](=O)[O-])cc1. The van der Waals surface area contributed by atoms with Gasteiger partial charge in [0.1, 0.15) is 0 Å². The van der Waals surface area contributed by atoms with Crippen molar-refractivity contribution in [2.24, 2.45) is 5.10 Å². The van der Waals surface area contributed by atoms with Crippen molar-refractivity contribution in [1.82, 2.24) is 5.43 Å². The summed E-state index contributed by atoms with van der Waals surface area (Å²) in [5.41, 5.74) is 5.10. The predicted molar refractivity (Wildman–Crippen MR) is 91.5 cm³/mol. The van der Waals surface area contributed by atoms with E-state index in [1.54, 1.807) is 0 Å². The summed E-state index contributed by atoms with van der Waals surface area (Å²) < 4.78 is 0. The third-order valence-corrected chi connectivity index (χ3v) is 3.03. The number of rotatable bonds is 7. The fourth-order valence-electron chi connectivity index (χ4n) is 1.73. The zero-order valence-electron chi connectivity index (χ0n) is 13.6. The number of hydrazone groups is 1. The highest BCUT2D eigenvalue weighted by Gasteiger charge is 2.08. The fourth-order valence-corrected chi connectivity index (χ4v) is 1.73. The minimum absolute atomic E-state index is 0.0556. The molecule has 0 aliphatic rings. The van der Waals surface area contributed by atoms with Gasteiger partial charge in [0, 0.05) is 23.9 Å². The number of carbonyl (C=O) groups is 1. The van der Waals surface area contributed by atoms with E-state index in [0.717, 1.165) is 18.4 Å². The van der Waals surface area contributed by atoms with Gasteiger partial charge >= 0.3 is 0 Å². The Morgan fingerprint density at radius 2 is 1.91 bits per heavy atom. The van der Waals surface area contributed by atoms with E-state index in [4.69, 9.17) is 0 Å². The molecule has 1 aromatic carbocycles. The average molecular weight is 315 g/mol. The molecular weight excluding hydrogens is 294 g/mol. The van der Waals surface area contributed by atoms with Crippen LogP contribution in [0.2, 0.25) is 0 Å². The highest BCUT2D eigenvalue weighted by atomic mass is 16.6. The van der Waals surface area contributed by atoms with Gasteiger partial charge in [-0.25, -0.2) is 5.43 Å². The van der Waals surface area contributed by atoms with Crippen LogP contribution in [0.4, 0.5) is 5.69 Å². The molecule has 0 spiro atoms. The average Bonchev–Trinajstić information content (AvgIpc) is 2.51. The normalized spacial score (nSPS) is 11.3. The van der Waals surface area contributed by atoms with Crippen LogP contribution in [0.3, 0.4) is 0 Å². The van der Waals surface area contributed by atoms with Gasteiger partial charge in [-0.3, -0.25) is 14.9 Å². The molecule has 0 saturated carbocycles. The predicted octanol–water partition coefficient (Wildman–Crippen LogP) is 4.00. The minimum atomic E-state index is -0.511. The largest absolute Gasteiger partial charge is 0.271 e. The van der Waals surface area contributed by atoms with Crippen molar-refractivity contribution in [3.05, 3.63) is 63.2 Å². The van der Waals surface area contributed by atoms with E-state index < -0.39 is 10.8 Å². The van der Waals surface area contributed by atoms with Gasteiger partial charge in [-0.05, 0) is 51.8 Å². The molecule has 6 heteroatoms. The molecule has 0 fully saturated rings. The maximum atomic E-state index is 11.8. The zero-order chi connectivity index (χ0) is 17.2. The maximum Gasteiger partial charge on any atom is 0.271 e. The molecule has 0 heterocycles. The summed E-state index contributed by atoms with van der Waals surface area (Å²) in [5, 5.41) is 14.4. The van der Waals surface area contributed by atoms with Gasteiger partial charge in [-0.1, -0.05) is 17.2 Å². The summed E-state index contributed by atoms with van der Waals surface area (Å²) in [4.78, 5) is 21.8. The number of benzene rings is 1. The number of hydrogen-bond donors (Lipinski definition) is 1. The molecule has 23 heavy (non-hydrogen) atoms. The van der Waals surface area contributed by atoms with Crippen LogP contribution in [0.15, 0.2) is 52.7 Å². The zero-order valence-corrected chi connectivity index (χ0v) is 13.6. The molecular formula is C17H21N3O3. The quantitative estimate of drug-likeness (QED) is 0.357. The number of nitrogens with one attached hydrogen (secondary N) is 1. The van der Waals surface area contributed by atoms with E-state index >= 15 is 0 Å². The van der Waals surface area contributed by atoms with E-state index in [1.807, 2.05) is 13.0 Å². The van der Waals surface area contributed by atoms with Crippen LogP contribution in [0.1, 0.15) is 44.0 Å². The smallest absolute Gasteiger partial charge is 0.267 e. The Labute approximate surface area is 135 Å². The third kappa shape index (κ3) is 7.17. The highest BCUT2D eigenvalue weighted by Crippen LogP contribution is 2.11. The molecule has 0 saturated heterocycles. The number of allylic oxidation sites excluding steroid dienone is 4. The lowest BCUT2D eigenvalue weighted by molar-refractivity contribution is -0.384. The number of hydrogen-bond acceptors (Lipinski definition) is 4. The third-order valence-electron chi connectivity index (χ3n) is 3.03. The Balaban J connectivity index is 2.48. The first-order valence-corrected chi connectivity index (χ1v) is 7.27. The Morgan fingerprint density at radius 1 is 1.26 bits per heavy atom. The second-order valence-electron chi connectivity index (χ2n) is 5.36. The van der Waals surface area contributed by atoms with E-state index in [9.17, 15) is 14.9 Å². The molecule has 0 radical (unpaired) electrons. The molecule has 0 aromatic heterocycles. The number of nitrogens with zero attached hydrogens (tertiary/aromatic N) is 2. The fraction of sp³-hybridized carbons (Fsp3) is 0.294. The second-order valence-corrected chi connectivity index (χ2v) is 5.36. The van der Waals surface area contributed by atoms with Gasteiger partial charge in [0.25, 0.3) is 11.6 Å². The lowest BCUT2D eigenvalue weighted by Gasteiger charge is -1.99. The van der Waals surface area contributed by atoms with Gasteiger partial charge < -0.3 is 0 Å². The number of non-ortho nitro benzene ring substituents is 1. The molecule has 0 bridgehead atoms. The summed E-state index contributed by atoms with van der Waals surface area (Å²) in [7, 11) is 0. The van der Waals surface area contributed by atoms with E-state index in [2.05, 4.69) is 30.5 Å². The molecule has 1 aromatic rings. The van der Waals surface area contributed by atoms with Gasteiger partial charge in [0.15, 0.2) is 0 Å². The van der Waals surface area contributed by atoms with Crippen LogP contribution < -0.4 is 5.43 Å². The topological polar surface area (TPSA) is 84.6 Å². The summed E-state index contributed by atoms with van der Waals surface area (Å²) in [6.07, 6.45) is 7.46. The van der Waals surface area contributed by atoms with E-state index in [-0.39, 0.29) is 5.69 Å². The summed E-state index contributed by atoms with van der Waals surface area (Å²) in [6.45, 7) is 6.13. The monoisotopic (exact) mass is 315 g/mol. The van der Waals surface area contributed by atoms with Crippen molar-refractivity contribution in [3.8, 4) is 0 Å². The van der Waals surface area contributed by atoms with Gasteiger partial charge in [0.05, 0.1) is 4.92 Å². The Morgan fingerprint density at radius 3 is 2.48 bits per heavy atom. The van der Waals surface area contributed by atoms with Crippen molar-refractivity contribution >= 4 is 17.8 Å². The summed E-state index contributed by atoms with van der Waals surface area (Å²) in [6, 6.07) is 5.35. The Hall–Kier alpha value is -2.76. The van der Waals surface area contributed by atoms with Gasteiger partial charge in [-0.2, -0.15) is 5.10 Å². The number of carbonyl (C=O) groups excluding carboxylic acids is 1. The number of nitro groups is 1. The first-order valence-electron chi connectivity index (χ1n) is 7.27. The Kier molecular flexibility index (Phi) is 7.39. The number of amides is 1. The number of nitro benzene ring substituents is 1. The molecule has 0 atom stereocenters. The second kappa shape index (κ2) is 9.30. The molecule has 1 N–H and O–H groups in total. The lowest BCUT2D eigenvalue weighted by atomic mass is 10.1. The molecule has 6 nitrogen and oxygen atoms in total. The van der Waals surface area contributed by atoms with Crippen LogP contribution in [-0.2, 0) is 0 Å². The molecule has 0 unspecified atom stereocenters. The molecule has 1 amide bonds. The van der Waals surface area contributed by atoms with Gasteiger partial charge in [-0.15, -0.1) is 0 Å². The van der Waals surface area contributed by atoms with Crippen molar-refractivity contribution < 1.29 is 9.72 Å². The van der Waals surface area contributed by atoms with Gasteiger partial charge in [0.2, 0.25) is 0 Å². The standard InChI is InChI=1S/C17H21N3O3/c1-13(2)5-4-6-14(3)11-12-18-19-17(21)15-7-9-16(10-8-15)20(22)23/h5,7-12H,4,6H2,1-3H3,(H,19,21)/b14-11+,18-12-. The van der Waals surface area contributed by atoms with Crippen molar-refractivity contribution in [3.63, 3.8) is 0 Å². The summed E-state index contributed by atoms with van der Waals surface area (Å²) in [5.74, 6) is -0.410. The van der Waals surface area contributed by atoms with Crippen molar-refractivity contribution in [1.29, 1.82) is 0 Å². The summed E-state index contributed by atoms with van der Waals surface area (Å²) >= 11 is 0. The van der Waals surface area contributed by atoms with Crippen LogP contribution >= 0.6 is 0 Å². The lowest BCUT2D eigenvalue weighted by Crippen LogP contribution is -2.17. The van der Waals surface area contributed by atoms with E-state index in [0.29, 0.717) is 5.56 Å².